The Balaban J connectivity index is 0.00000242. The van der Waals surface area contributed by atoms with Gasteiger partial charge in [0, 0.05) is 17.5 Å². The number of nitrogens with two attached hydrogens (primary N) is 1. The van der Waals surface area contributed by atoms with Gasteiger partial charge in [-0.1, -0.05) is 18.0 Å². The van der Waals surface area contributed by atoms with E-state index in [1.807, 2.05) is 0 Å². The summed E-state index contributed by atoms with van der Waals surface area (Å²) in [5.74, 6) is -7.97. The highest BCUT2D eigenvalue weighted by molar-refractivity contribution is 6.35. The fourth-order valence-electron chi connectivity index (χ4n) is 6.42. The van der Waals surface area contributed by atoms with Gasteiger partial charge < -0.3 is 36.8 Å². The number of aliphatic hydroxyl groups is 3. The number of likely N-dealkylation sites (N-methyl/N-ethyl adjacent to an activating group) is 1. The number of hydrogen-bond donors (Lipinski definition) is 7. The Labute approximate surface area is 258 Å². The third-order valence-corrected chi connectivity index (χ3v) is 8.88. The number of nitrogens with zero attached hydrogens (tertiary/aromatic N) is 1. The maximum absolute atomic E-state index is 13.8. The van der Waals surface area contributed by atoms with Crippen LogP contribution in [0.25, 0.3) is 0 Å². The van der Waals surface area contributed by atoms with Crippen molar-refractivity contribution in [1.82, 2.24) is 10.2 Å². The number of phenolic OH excluding ortho intramolecular Hbond substituents is 1. The lowest BCUT2D eigenvalue weighted by molar-refractivity contribution is -0.148. The average molecular weight is 648 g/mol. The Hall–Kier alpha value is -2.87. The third kappa shape index (κ3) is 5.03. The lowest BCUT2D eigenvalue weighted by Gasteiger charge is -2.50. The molecule has 1 aromatic carbocycles. The molecular weight excluding hydrogens is 615 g/mol. The number of aliphatic hydroxyl groups excluding tert-OH is 2. The molecule has 2 amide bonds. The van der Waals surface area contributed by atoms with Crippen LogP contribution < -0.4 is 16.4 Å². The molecule has 4 aliphatic rings. The number of carbonyl (C=O) groups is 4. The van der Waals surface area contributed by atoms with E-state index in [4.69, 9.17) is 17.3 Å². The molecule has 0 spiro atoms. The van der Waals surface area contributed by atoms with Gasteiger partial charge in [-0.2, -0.15) is 0 Å². The SMILES string of the molecule is CN(C)[C@@H]1C(O)=C(C(N)=O)C(=O)C2(O)C(O)=C3C(=O)c4c(cc(Cl)c(NC(=O)CNC5CCC5)c4O)CC3CC12.Cl.Cl. The summed E-state index contributed by atoms with van der Waals surface area (Å²) in [5.41, 5.74) is 1.40. The number of primary amides is 1. The number of amides is 2. The number of nitrogens with one attached hydrogen (secondary N) is 2. The molecule has 15 heteroatoms. The van der Waals surface area contributed by atoms with Crippen molar-refractivity contribution in [2.24, 2.45) is 17.6 Å². The van der Waals surface area contributed by atoms with Crippen molar-refractivity contribution in [1.29, 1.82) is 0 Å². The maximum atomic E-state index is 13.8. The predicted octanol–water partition coefficient (Wildman–Crippen LogP) is 1.70. The number of rotatable bonds is 6. The van der Waals surface area contributed by atoms with Crippen molar-refractivity contribution in [3.8, 4) is 5.75 Å². The Bertz CT molecular complexity index is 1420. The highest BCUT2D eigenvalue weighted by atomic mass is 35.5. The first-order chi connectivity index (χ1) is 18.8. The van der Waals surface area contributed by atoms with Crippen LogP contribution in [0.5, 0.6) is 5.75 Å². The quantitative estimate of drug-likeness (QED) is 0.176. The number of carbonyl (C=O) groups excluding carboxylic acids is 4. The van der Waals surface area contributed by atoms with E-state index in [1.54, 1.807) is 14.1 Å². The van der Waals surface area contributed by atoms with Gasteiger partial charge in [0.25, 0.3) is 5.91 Å². The minimum atomic E-state index is -2.73. The molecule has 1 aromatic rings. The third-order valence-electron chi connectivity index (χ3n) is 8.59. The van der Waals surface area contributed by atoms with E-state index in [-0.39, 0.29) is 72.1 Å². The maximum Gasteiger partial charge on any atom is 0.255 e. The first kappa shape index (κ1) is 33.6. The van der Waals surface area contributed by atoms with Crippen LogP contribution in [0.1, 0.15) is 41.6 Å². The summed E-state index contributed by atoms with van der Waals surface area (Å²) in [4.78, 5) is 53.2. The Morgan fingerprint density at radius 2 is 1.81 bits per heavy atom. The normalized spacial score (nSPS) is 26.8. The summed E-state index contributed by atoms with van der Waals surface area (Å²) in [7, 11) is 3.12. The highest BCUT2D eigenvalue weighted by Gasteiger charge is 2.63. The smallest absolute Gasteiger partial charge is 0.255 e. The van der Waals surface area contributed by atoms with Gasteiger partial charge in [-0.25, -0.2) is 0 Å². The van der Waals surface area contributed by atoms with E-state index in [0.29, 0.717) is 5.56 Å². The molecule has 1 saturated carbocycles. The molecule has 12 nitrogen and oxygen atoms in total. The molecule has 0 saturated heterocycles. The molecule has 4 atom stereocenters. The van der Waals surface area contributed by atoms with Crippen LogP contribution in [0, 0.1) is 11.8 Å². The zero-order chi connectivity index (χ0) is 29.3. The number of fused-ring (bicyclic) bond motifs is 3. The van der Waals surface area contributed by atoms with Gasteiger partial charge in [0.15, 0.2) is 17.1 Å². The van der Waals surface area contributed by atoms with E-state index in [1.165, 1.54) is 11.0 Å². The standard InChI is InChI=1S/C27H31ClN4O8.2ClH/c1-32(2)20-13-7-10-6-11-8-14(28)19(31-15(33)9-30-12-4-3-5-12)22(35)16(11)21(34)17(10)24(37)27(13,40)25(38)18(23(20)36)26(29)39;;/h8,10,12-13,20,30,35-37,40H,3-7,9H2,1-2H3,(H2,29,39)(H,31,33);2*1H/t10?,13?,20-,27?;;/m0../s1. The zero-order valence-corrected chi connectivity index (χ0v) is 25.2. The van der Waals surface area contributed by atoms with Gasteiger partial charge in [0.05, 0.1) is 23.2 Å². The van der Waals surface area contributed by atoms with Crippen molar-refractivity contribution in [2.45, 2.75) is 49.8 Å². The first-order valence-corrected chi connectivity index (χ1v) is 13.4. The fourth-order valence-corrected chi connectivity index (χ4v) is 6.69. The monoisotopic (exact) mass is 646 g/mol. The summed E-state index contributed by atoms with van der Waals surface area (Å²) < 4.78 is 0. The molecule has 8 N–H and O–H groups in total. The number of benzene rings is 1. The van der Waals surface area contributed by atoms with E-state index in [0.717, 1.165) is 19.3 Å². The predicted molar refractivity (Wildman–Crippen MR) is 157 cm³/mol. The Morgan fingerprint density at radius 3 is 2.36 bits per heavy atom. The molecule has 42 heavy (non-hydrogen) atoms. The van der Waals surface area contributed by atoms with E-state index in [2.05, 4.69) is 10.6 Å². The zero-order valence-electron chi connectivity index (χ0n) is 22.8. The number of Topliss-reactive ketones (excluding diaryl/α,β-unsaturated/α-hetero) is 2. The van der Waals surface area contributed by atoms with Crippen LogP contribution in [0.3, 0.4) is 0 Å². The molecular formula is C27H33Cl3N4O8. The van der Waals surface area contributed by atoms with E-state index >= 15 is 0 Å². The van der Waals surface area contributed by atoms with Gasteiger partial charge in [-0.05, 0) is 57.3 Å². The van der Waals surface area contributed by atoms with Gasteiger partial charge >= 0.3 is 0 Å². The summed E-state index contributed by atoms with van der Waals surface area (Å²) >= 11 is 6.40. The number of aromatic hydroxyl groups is 1. The van der Waals surface area contributed by atoms with E-state index in [9.17, 15) is 39.6 Å². The lowest BCUT2D eigenvalue weighted by Crippen LogP contribution is -2.63. The minimum absolute atomic E-state index is 0. The van der Waals surface area contributed by atoms with Crippen LogP contribution >= 0.6 is 36.4 Å². The molecule has 0 heterocycles. The number of halogens is 3. The topological polar surface area (TPSA) is 203 Å². The molecule has 0 aromatic heterocycles. The number of phenols is 1. The highest BCUT2D eigenvalue weighted by Crippen LogP contribution is 2.53. The fraction of sp³-hybridized carbons (Fsp3) is 0.481. The molecule has 0 aliphatic heterocycles. The van der Waals surface area contributed by atoms with Crippen molar-refractivity contribution >= 4 is 65.5 Å². The van der Waals surface area contributed by atoms with Gasteiger partial charge in [-0.3, -0.25) is 24.1 Å². The van der Waals surface area contributed by atoms with Crippen molar-refractivity contribution in [2.75, 3.05) is 26.0 Å². The Morgan fingerprint density at radius 1 is 1.17 bits per heavy atom. The van der Waals surface area contributed by atoms with Crippen LogP contribution in [0.4, 0.5) is 5.69 Å². The summed E-state index contributed by atoms with van der Waals surface area (Å²) in [6.07, 6.45) is 3.08. The number of allylic oxidation sites excluding steroid dienone is 1. The summed E-state index contributed by atoms with van der Waals surface area (Å²) in [6.45, 7) is -0.0222. The van der Waals surface area contributed by atoms with Crippen LogP contribution in [-0.2, 0) is 20.8 Å². The van der Waals surface area contributed by atoms with Crippen LogP contribution in [0.15, 0.2) is 28.7 Å². The molecule has 230 valence electrons. The van der Waals surface area contributed by atoms with Crippen LogP contribution in [-0.4, -0.2) is 87.0 Å². The number of anilines is 1. The summed E-state index contributed by atoms with van der Waals surface area (Å²) in [6, 6.07) is 0.624. The van der Waals surface area contributed by atoms with Crippen LogP contribution in [0.2, 0.25) is 5.02 Å². The molecule has 3 unspecified atom stereocenters. The minimum Gasteiger partial charge on any atom is -0.510 e. The number of ketones is 2. The molecule has 4 aliphatic carbocycles. The van der Waals surface area contributed by atoms with E-state index < -0.39 is 69.7 Å². The van der Waals surface area contributed by atoms with Gasteiger partial charge in [0.1, 0.15) is 22.8 Å². The van der Waals surface area contributed by atoms with Crippen molar-refractivity contribution in [3.63, 3.8) is 0 Å². The van der Waals surface area contributed by atoms with Crippen molar-refractivity contribution in [3.05, 3.63) is 44.9 Å². The number of hydrogen-bond acceptors (Lipinski definition) is 10. The molecule has 5 rings (SSSR count). The molecule has 1 fully saturated rings. The molecule has 0 radical (unpaired) electrons. The lowest BCUT2D eigenvalue weighted by atomic mass is 9.58. The second-order valence-electron chi connectivity index (χ2n) is 11.1. The first-order valence-electron chi connectivity index (χ1n) is 13.0. The largest absolute Gasteiger partial charge is 0.510 e. The average Bonchev–Trinajstić information content (AvgIpc) is 2.82. The van der Waals surface area contributed by atoms with Gasteiger partial charge in [-0.15, -0.1) is 24.8 Å². The van der Waals surface area contributed by atoms with Crippen molar-refractivity contribution < 1.29 is 39.6 Å². The second kappa shape index (κ2) is 12.0. The molecule has 0 bridgehead atoms. The second-order valence-corrected chi connectivity index (χ2v) is 11.5. The van der Waals surface area contributed by atoms with Gasteiger partial charge in [0.2, 0.25) is 11.7 Å². The Kier molecular flexibility index (Phi) is 9.62. The summed E-state index contributed by atoms with van der Waals surface area (Å²) in [5, 5.41) is 50.5.